The Morgan fingerprint density at radius 2 is 1.82 bits per heavy atom. The normalized spacial score (nSPS) is 10.0. The lowest BCUT2D eigenvalue weighted by Crippen LogP contribution is -2.22. The maximum Gasteiger partial charge on any atom is 0.335 e. The average molecular weight is 303 g/mol. The van der Waals surface area contributed by atoms with Crippen LogP contribution < -0.4 is 15.7 Å². The molecule has 2 aromatic rings. The molecule has 0 aliphatic carbocycles. The van der Waals surface area contributed by atoms with Gasteiger partial charge in [0.1, 0.15) is 5.82 Å². The fourth-order valence-corrected chi connectivity index (χ4v) is 1.75. The van der Waals surface area contributed by atoms with Gasteiger partial charge in [-0.25, -0.2) is 9.18 Å². The van der Waals surface area contributed by atoms with Gasteiger partial charge in [-0.05, 0) is 36.4 Å². The van der Waals surface area contributed by atoms with E-state index >= 15 is 0 Å². The number of carboxylic acid groups (broad SMARTS) is 1. The number of amides is 1. The predicted molar refractivity (Wildman–Crippen MR) is 76.4 cm³/mol. The van der Waals surface area contributed by atoms with Crippen LogP contribution >= 0.6 is 0 Å². The van der Waals surface area contributed by atoms with Gasteiger partial charge in [-0.1, -0.05) is 11.8 Å². The maximum absolute atomic E-state index is 12.7. The van der Waals surface area contributed by atoms with Crippen molar-refractivity contribution in [2.24, 2.45) is 0 Å². The minimum Gasteiger partial charge on any atom is -0.870 e. The summed E-state index contributed by atoms with van der Waals surface area (Å²) in [5, 5.41) is 25.7. The van der Waals surface area contributed by atoms with Crippen molar-refractivity contribution in [3.05, 3.63) is 53.8 Å². The summed E-state index contributed by atoms with van der Waals surface area (Å²) < 4.78 is 12.7. The zero-order valence-corrected chi connectivity index (χ0v) is 11.3. The van der Waals surface area contributed by atoms with Crippen molar-refractivity contribution in [2.45, 2.75) is 0 Å². The molecule has 0 atom stereocenters. The van der Waals surface area contributed by atoms with E-state index in [2.05, 4.69) is 10.6 Å². The lowest BCUT2D eigenvalue weighted by atomic mass is 10.1. The molecule has 0 saturated heterocycles. The van der Waals surface area contributed by atoms with Gasteiger partial charge < -0.3 is 20.8 Å². The highest BCUT2D eigenvalue weighted by atomic mass is 19.1. The molecule has 0 unspecified atom stereocenters. The molecule has 6 nitrogen and oxygen atoms in total. The molecule has 0 spiro atoms. The third-order valence-electron chi connectivity index (χ3n) is 2.82. The Balaban J connectivity index is 1.99. The van der Waals surface area contributed by atoms with Crippen molar-refractivity contribution in [3.63, 3.8) is 0 Å². The van der Waals surface area contributed by atoms with Crippen molar-refractivity contribution >= 4 is 23.3 Å². The molecule has 0 fully saturated rings. The van der Waals surface area contributed by atoms with E-state index in [4.69, 9.17) is 5.11 Å². The van der Waals surface area contributed by atoms with Gasteiger partial charge in [-0.2, -0.15) is 0 Å². The first-order valence-corrected chi connectivity index (χ1v) is 6.30. The Labute approximate surface area is 125 Å². The van der Waals surface area contributed by atoms with Crippen LogP contribution in [0.5, 0.6) is 5.75 Å². The molecule has 0 bridgehead atoms. The van der Waals surface area contributed by atoms with Crippen molar-refractivity contribution in [1.82, 2.24) is 0 Å². The summed E-state index contributed by atoms with van der Waals surface area (Å²) in [6.07, 6.45) is 0. The Morgan fingerprint density at radius 3 is 2.45 bits per heavy atom. The molecule has 114 valence electrons. The number of aromatic carboxylic acids is 1. The van der Waals surface area contributed by atoms with Crippen LogP contribution in [0.3, 0.4) is 0 Å². The summed E-state index contributed by atoms with van der Waals surface area (Å²) in [6, 6.07) is 9.27. The fourth-order valence-electron chi connectivity index (χ4n) is 1.75. The van der Waals surface area contributed by atoms with Crippen LogP contribution in [0, 0.1) is 5.82 Å². The summed E-state index contributed by atoms with van der Waals surface area (Å²) in [5.74, 6) is -3.03. The molecule has 0 aliphatic heterocycles. The predicted octanol–water partition coefficient (Wildman–Crippen LogP) is 1.65. The summed E-state index contributed by atoms with van der Waals surface area (Å²) in [7, 11) is 0. The van der Waals surface area contributed by atoms with Crippen LogP contribution in [0.1, 0.15) is 10.4 Å². The summed E-state index contributed by atoms with van der Waals surface area (Å²) in [6.45, 7) is -0.150. The van der Waals surface area contributed by atoms with Crippen LogP contribution in [0.4, 0.5) is 15.8 Å². The fraction of sp³-hybridized carbons (Fsp3) is 0.0667. The van der Waals surface area contributed by atoms with Crippen LogP contribution in [-0.2, 0) is 4.79 Å². The summed E-state index contributed by atoms with van der Waals surface area (Å²) >= 11 is 0. The van der Waals surface area contributed by atoms with Crippen LogP contribution in [-0.4, -0.2) is 23.5 Å². The van der Waals surface area contributed by atoms with Crippen molar-refractivity contribution < 1.29 is 24.2 Å². The molecule has 0 heterocycles. The molecule has 3 N–H and O–H groups in total. The average Bonchev–Trinajstić information content (AvgIpc) is 2.48. The molecule has 2 rings (SSSR count). The molecule has 0 aliphatic rings. The van der Waals surface area contributed by atoms with Gasteiger partial charge >= 0.3 is 5.97 Å². The monoisotopic (exact) mass is 303 g/mol. The van der Waals surface area contributed by atoms with E-state index in [1.807, 2.05) is 0 Å². The van der Waals surface area contributed by atoms with Crippen LogP contribution in [0.15, 0.2) is 42.5 Å². The highest BCUT2D eigenvalue weighted by Crippen LogP contribution is 2.24. The van der Waals surface area contributed by atoms with E-state index < -0.39 is 29.0 Å². The van der Waals surface area contributed by atoms with Gasteiger partial charge in [-0.15, -0.1) is 0 Å². The van der Waals surface area contributed by atoms with Gasteiger partial charge in [0.2, 0.25) is 5.91 Å². The summed E-state index contributed by atoms with van der Waals surface area (Å²) in [5.41, 5.74) is 0.0216. The smallest absolute Gasteiger partial charge is 0.335 e. The number of halogens is 1. The molecule has 2 aromatic carbocycles. The van der Waals surface area contributed by atoms with E-state index in [0.717, 1.165) is 6.07 Å². The minimum absolute atomic E-state index is 0.106. The number of benzene rings is 2. The number of carboxylic acids is 1. The molecule has 22 heavy (non-hydrogen) atoms. The second kappa shape index (κ2) is 6.57. The van der Waals surface area contributed by atoms with E-state index in [0.29, 0.717) is 5.69 Å². The van der Waals surface area contributed by atoms with Gasteiger partial charge in [-0.3, -0.25) is 4.79 Å². The van der Waals surface area contributed by atoms with Gasteiger partial charge in [0.25, 0.3) is 0 Å². The Morgan fingerprint density at radius 1 is 1.14 bits per heavy atom. The maximum atomic E-state index is 12.7. The van der Waals surface area contributed by atoms with Crippen molar-refractivity contribution in [2.75, 3.05) is 17.2 Å². The number of hydrogen-bond acceptors (Lipinski definition) is 4. The largest absolute Gasteiger partial charge is 0.870 e. The zero-order valence-electron chi connectivity index (χ0n) is 11.3. The number of hydrogen-bond donors (Lipinski definition) is 3. The Bertz CT molecular complexity index is 701. The van der Waals surface area contributed by atoms with Gasteiger partial charge in [0.05, 0.1) is 12.1 Å². The molecular formula is C15H12FN2O4-. The minimum atomic E-state index is -1.36. The van der Waals surface area contributed by atoms with Crippen LogP contribution in [0.2, 0.25) is 0 Å². The Kier molecular flexibility index (Phi) is 4.57. The first-order valence-electron chi connectivity index (χ1n) is 6.30. The highest BCUT2D eigenvalue weighted by Gasteiger charge is 2.09. The van der Waals surface area contributed by atoms with Crippen LogP contribution in [0.25, 0.3) is 0 Å². The van der Waals surface area contributed by atoms with Crippen molar-refractivity contribution in [3.8, 4) is 5.75 Å². The van der Waals surface area contributed by atoms with Crippen molar-refractivity contribution in [1.29, 1.82) is 0 Å². The SMILES string of the molecule is O=C(CNc1ccc(F)cc1)Nc1cccc(C(=O)O)c1[O-]. The topological polar surface area (TPSA) is 101 Å². The van der Waals surface area contributed by atoms with Gasteiger partial charge in [0.15, 0.2) is 0 Å². The Hall–Kier alpha value is -3.09. The van der Waals surface area contributed by atoms with E-state index in [1.165, 1.54) is 36.4 Å². The number of carbonyl (C=O) groups excluding carboxylic acids is 1. The third kappa shape index (κ3) is 3.72. The second-order valence-corrected chi connectivity index (χ2v) is 4.40. The second-order valence-electron chi connectivity index (χ2n) is 4.40. The lowest BCUT2D eigenvalue weighted by molar-refractivity contribution is -0.267. The number of carbonyl (C=O) groups is 2. The number of anilines is 2. The van der Waals surface area contributed by atoms with Gasteiger partial charge in [0, 0.05) is 11.4 Å². The molecule has 0 saturated carbocycles. The standard InChI is InChI=1S/C15H13FN2O4/c16-9-4-6-10(7-5-9)17-8-13(19)18-12-3-1-2-11(14(12)20)15(21)22/h1-7,17,20H,8H2,(H,18,19)(H,21,22)/p-1. The molecule has 0 radical (unpaired) electrons. The third-order valence-corrected chi connectivity index (χ3v) is 2.82. The molecule has 1 amide bonds. The molecular weight excluding hydrogens is 291 g/mol. The first kappa shape index (κ1) is 15.3. The zero-order chi connectivity index (χ0) is 16.1. The highest BCUT2D eigenvalue weighted by molar-refractivity contribution is 5.98. The quantitative estimate of drug-likeness (QED) is 0.779. The number of para-hydroxylation sites is 1. The number of nitrogens with one attached hydrogen (secondary N) is 2. The first-order chi connectivity index (χ1) is 10.5. The number of rotatable bonds is 5. The van der Waals surface area contributed by atoms with E-state index in [1.54, 1.807) is 0 Å². The summed E-state index contributed by atoms with van der Waals surface area (Å²) in [4.78, 5) is 22.6. The molecule has 7 heteroatoms. The lowest BCUT2D eigenvalue weighted by Gasteiger charge is -2.17. The molecule has 0 aromatic heterocycles. The van der Waals surface area contributed by atoms with E-state index in [-0.39, 0.29) is 12.2 Å². The van der Waals surface area contributed by atoms with E-state index in [9.17, 15) is 19.1 Å².